The highest BCUT2D eigenvalue weighted by Crippen LogP contribution is 2.28. The third-order valence-electron chi connectivity index (χ3n) is 6.06. The Bertz CT molecular complexity index is 1190. The molecule has 0 aromatic heterocycles. The number of carbonyl (C=O) groups is 1. The number of sulfonamides is 1. The van der Waals surface area contributed by atoms with Gasteiger partial charge in [-0.25, -0.2) is 17.2 Å². The third-order valence-corrected chi connectivity index (χ3v) is 7.97. The Morgan fingerprint density at radius 1 is 0.853 bits per heavy atom. The highest BCUT2D eigenvalue weighted by atomic mass is 32.2. The van der Waals surface area contributed by atoms with Gasteiger partial charge in [-0.2, -0.15) is 4.31 Å². The van der Waals surface area contributed by atoms with Gasteiger partial charge in [0.15, 0.2) is 0 Å². The maximum atomic E-state index is 14.1. The van der Waals surface area contributed by atoms with Gasteiger partial charge in [-0.05, 0) is 42.2 Å². The Morgan fingerprint density at radius 3 is 1.91 bits per heavy atom. The fourth-order valence-electron chi connectivity index (χ4n) is 4.23. The molecule has 34 heavy (non-hydrogen) atoms. The summed E-state index contributed by atoms with van der Waals surface area (Å²) in [6, 6.07) is 21.8. The maximum Gasteiger partial charge on any atom is 0.246 e. The Hall–Kier alpha value is -3.10. The molecule has 0 N–H and O–H groups in total. The van der Waals surface area contributed by atoms with Crippen LogP contribution in [0.15, 0.2) is 83.8 Å². The molecule has 3 aromatic rings. The van der Waals surface area contributed by atoms with Crippen molar-refractivity contribution in [3.63, 3.8) is 0 Å². The standard InChI is InChI=1S/C26H26F2N2O3S/c27-23-11-12-24(28)25(17-23)34(32,33)30-15-13-22(14-16-30)26(31)29(18-20-7-3-1-4-8-20)19-21-9-5-2-6-10-21/h1-12,17,22H,13-16,18-19H2. The van der Waals surface area contributed by atoms with Gasteiger partial charge in [-0.1, -0.05) is 60.7 Å². The van der Waals surface area contributed by atoms with Crippen LogP contribution in [-0.2, 0) is 27.9 Å². The van der Waals surface area contributed by atoms with E-state index >= 15 is 0 Å². The SMILES string of the molecule is O=C(C1CCN(S(=O)(=O)c2cc(F)ccc2F)CC1)N(Cc1ccccc1)Cc1ccccc1. The van der Waals surface area contributed by atoms with Crippen LogP contribution in [0.2, 0.25) is 0 Å². The van der Waals surface area contributed by atoms with Crippen LogP contribution in [0.5, 0.6) is 0 Å². The topological polar surface area (TPSA) is 57.7 Å². The van der Waals surface area contributed by atoms with Crippen LogP contribution in [0.4, 0.5) is 8.78 Å². The van der Waals surface area contributed by atoms with E-state index in [1.54, 1.807) is 4.90 Å². The molecule has 1 amide bonds. The Morgan fingerprint density at radius 2 is 1.38 bits per heavy atom. The number of hydrogen-bond donors (Lipinski definition) is 0. The second kappa shape index (κ2) is 10.4. The third kappa shape index (κ3) is 5.51. The van der Waals surface area contributed by atoms with E-state index in [-0.39, 0.29) is 24.9 Å². The van der Waals surface area contributed by atoms with Gasteiger partial charge in [-0.15, -0.1) is 0 Å². The largest absolute Gasteiger partial charge is 0.334 e. The van der Waals surface area contributed by atoms with Gasteiger partial charge >= 0.3 is 0 Å². The second-order valence-corrected chi connectivity index (χ2v) is 10.3. The molecular weight excluding hydrogens is 458 g/mol. The van der Waals surface area contributed by atoms with Crippen molar-refractivity contribution in [1.82, 2.24) is 9.21 Å². The summed E-state index contributed by atoms with van der Waals surface area (Å²) < 4.78 is 54.6. The van der Waals surface area contributed by atoms with Crippen LogP contribution in [-0.4, -0.2) is 36.6 Å². The lowest BCUT2D eigenvalue weighted by atomic mass is 9.96. The molecule has 1 aliphatic heterocycles. The summed E-state index contributed by atoms with van der Waals surface area (Å²) in [7, 11) is -4.19. The molecule has 0 atom stereocenters. The van der Waals surface area contributed by atoms with Crippen molar-refractivity contribution in [2.45, 2.75) is 30.8 Å². The zero-order valence-corrected chi connectivity index (χ0v) is 19.4. The van der Waals surface area contributed by atoms with Crippen LogP contribution in [0, 0.1) is 17.6 Å². The Kier molecular flexibility index (Phi) is 7.38. The molecule has 1 saturated heterocycles. The average Bonchev–Trinajstić information content (AvgIpc) is 2.86. The maximum absolute atomic E-state index is 14.1. The molecule has 4 rings (SSSR count). The highest BCUT2D eigenvalue weighted by molar-refractivity contribution is 7.89. The zero-order valence-electron chi connectivity index (χ0n) is 18.6. The van der Waals surface area contributed by atoms with Gasteiger partial charge in [0.2, 0.25) is 15.9 Å². The van der Waals surface area contributed by atoms with E-state index in [1.165, 1.54) is 0 Å². The molecule has 5 nitrogen and oxygen atoms in total. The summed E-state index contributed by atoms with van der Waals surface area (Å²) in [5, 5.41) is 0. The Labute approximate surface area is 198 Å². The number of rotatable bonds is 7. The number of benzene rings is 3. The first-order chi connectivity index (χ1) is 16.3. The van der Waals surface area contributed by atoms with Crippen molar-refractivity contribution in [3.05, 3.63) is 102 Å². The van der Waals surface area contributed by atoms with E-state index in [4.69, 9.17) is 0 Å². The fourth-order valence-corrected chi connectivity index (χ4v) is 5.78. The minimum absolute atomic E-state index is 0.0401. The van der Waals surface area contributed by atoms with E-state index in [1.807, 2.05) is 60.7 Å². The Balaban J connectivity index is 1.47. The van der Waals surface area contributed by atoms with Gasteiger partial charge < -0.3 is 4.90 Å². The number of halogens is 2. The van der Waals surface area contributed by atoms with Gasteiger partial charge in [0.05, 0.1) is 0 Å². The first kappa shape index (κ1) is 24.0. The summed E-state index contributed by atoms with van der Waals surface area (Å²) in [4.78, 5) is 14.6. The number of amides is 1. The fraction of sp³-hybridized carbons (Fsp3) is 0.269. The van der Waals surface area contributed by atoms with Gasteiger partial charge in [0, 0.05) is 32.1 Å². The summed E-state index contributed by atoms with van der Waals surface area (Å²) in [6.07, 6.45) is 0.629. The molecule has 0 radical (unpaired) electrons. The number of carbonyl (C=O) groups excluding carboxylic acids is 1. The van der Waals surface area contributed by atoms with E-state index in [0.29, 0.717) is 32.0 Å². The van der Waals surface area contributed by atoms with Crippen LogP contribution < -0.4 is 0 Å². The molecule has 0 saturated carbocycles. The van der Waals surface area contributed by atoms with Gasteiger partial charge in [0.1, 0.15) is 16.5 Å². The summed E-state index contributed by atoms with van der Waals surface area (Å²) in [6.45, 7) is 1.03. The lowest BCUT2D eigenvalue weighted by Crippen LogP contribution is -2.44. The van der Waals surface area contributed by atoms with E-state index in [9.17, 15) is 22.0 Å². The van der Waals surface area contributed by atoms with Crippen molar-refractivity contribution in [3.8, 4) is 0 Å². The molecule has 3 aromatic carbocycles. The normalized spacial score (nSPS) is 15.2. The molecule has 0 spiro atoms. The molecule has 1 fully saturated rings. The minimum Gasteiger partial charge on any atom is -0.334 e. The van der Waals surface area contributed by atoms with Crippen LogP contribution in [0.1, 0.15) is 24.0 Å². The summed E-state index contributed by atoms with van der Waals surface area (Å²) in [5.41, 5.74) is 2.02. The molecule has 8 heteroatoms. The van der Waals surface area contributed by atoms with E-state index < -0.39 is 26.6 Å². The van der Waals surface area contributed by atoms with Crippen LogP contribution in [0.3, 0.4) is 0 Å². The van der Waals surface area contributed by atoms with E-state index in [0.717, 1.165) is 27.6 Å². The minimum atomic E-state index is -4.19. The van der Waals surface area contributed by atoms with Crippen molar-refractivity contribution in [2.75, 3.05) is 13.1 Å². The monoisotopic (exact) mass is 484 g/mol. The van der Waals surface area contributed by atoms with Crippen molar-refractivity contribution in [2.24, 2.45) is 5.92 Å². The molecular formula is C26H26F2N2O3S. The van der Waals surface area contributed by atoms with Crippen molar-refractivity contribution >= 4 is 15.9 Å². The molecule has 0 unspecified atom stereocenters. The predicted octanol–water partition coefficient (Wildman–Crippen LogP) is 4.59. The lowest BCUT2D eigenvalue weighted by Gasteiger charge is -2.34. The molecule has 0 aliphatic carbocycles. The smallest absolute Gasteiger partial charge is 0.246 e. The summed E-state index contributed by atoms with van der Waals surface area (Å²) in [5.74, 6) is -2.20. The van der Waals surface area contributed by atoms with Crippen molar-refractivity contribution < 1.29 is 22.0 Å². The second-order valence-electron chi connectivity index (χ2n) is 8.42. The number of nitrogens with zero attached hydrogens (tertiary/aromatic N) is 2. The predicted molar refractivity (Wildman–Crippen MR) is 125 cm³/mol. The van der Waals surface area contributed by atoms with Crippen LogP contribution >= 0.6 is 0 Å². The quantitative estimate of drug-likeness (QED) is 0.493. The van der Waals surface area contributed by atoms with Gasteiger partial charge in [0.25, 0.3) is 0 Å². The molecule has 178 valence electrons. The zero-order chi connectivity index (χ0) is 24.1. The first-order valence-corrected chi connectivity index (χ1v) is 12.6. The number of piperidine rings is 1. The number of hydrogen-bond acceptors (Lipinski definition) is 3. The van der Waals surface area contributed by atoms with E-state index in [2.05, 4.69) is 0 Å². The average molecular weight is 485 g/mol. The lowest BCUT2D eigenvalue weighted by molar-refractivity contribution is -0.138. The first-order valence-electron chi connectivity index (χ1n) is 11.2. The highest BCUT2D eigenvalue weighted by Gasteiger charge is 2.35. The molecule has 1 aliphatic rings. The van der Waals surface area contributed by atoms with Crippen LogP contribution in [0.25, 0.3) is 0 Å². The molecule has 1 heterocycles. The van der Waals surface area contributed by atoms with Crippen molar-refractivity contribution in [1.29, 1.82) is 0 Å². The molecule has 0 bridgehead atoms. The summed E-state index contributed by atoms with van der Waals surface area (Å²) >= 11 is 0. The van der Waals surface area contributed by atoms with Gasteiger partial charge in [-0.3, -0.25) is 4.79 Å².